The molecule has 0 saturated carbocycles. The summed E-state index contributed by atoms with van der Waals surface area (Å²) >= 11 is 5.85. The van der Waals surface area contributed by atoms with Crippen molar-refractivity contribution in [3.63, 3.8) is 0 Å². The normalized spacial score (nSPS) is 14.1. The van der Waals surface area contributed by atoms with Crippen molar-refractivity contribution in [2.24, 2.45) is 0 Å². The first-order valence-corrected chi connectivity index (χ1v) is 16.0. The molecule has 0 aliphatic carbocycles. The molecule has 2 amide bonds. The van der Waals surface area contributed by atoms with Crippen molar-refractivity contribution in [1.29, 1.82) is 0 Å². The van der Waals surface area contributed by atoms with Crippen molar-refractivity contribution in [3.8, 4) is 11.5 Å². The molecule has 4 rings (SSSR count). The topological polar surface area (TPSA) is 91.0 Å². The summed E-state index contributed by atoms with van der Waals surface area (Å²) in [6.45, 7) is 5.20. The zero-order valence-corrected chi connectivity index (χ0v) is 26.1. The lowest BCUT2D eigenvalue weighted by atomic mass is 10.0. The molecule has 228 valence electrons. The van der Waals surface area contributed by atoms with Gasteiger partial charge in [-0.1, -0.05) is 37.1 Å². The number of carbonyl (C=O) groups excluding carboxylic acids is 1. The Morgan fingerprint density at radius 3 is 2.24 bits per heavy atom. The van der Waals surface area contributed by atoms with Crippen LogP contribution in [0, 0.1) is 5.82 Å². The van der Waals surface area contributed by atoms with Gasteiger partial charge in [0.1, 0.15) is 17.3 Å². The van der Waals surface area contributed by atoms with Gasteiger partial charge in [0.25, 0.3) is 0 Å². The van der Waals surface area contributed by atoms with Crippen LogP contribution in [0.2, 0.25) is 5.02 Å². The van der Waals surface area contributed by atoms with E-state index >= 15 is 0 Å². The Kier molecular flexibility index (Phi) is 12.3. The van der Waals surface area contributed by atoms with E-state index in [1.807, 2.05) is 29.2 Å². The fraction of sp³-hybridized carbons (Fsp3) is 0.367. The number of carbonyl (C=O) groups is 1. The highest BCUT2D eigenvalue weighted by atomic mass is 35.5. The standard InChI is InChI=1S/C30H36ClFN4O4S.ClH/c1-3-4-17-36(30(37)33-29-14-7-23(31)20-28(29)32)25-15-18-35(19-16-25)21-22-5-10-26(11-6-22)40-27-12-8-24(9-13-27)34-41(2,38)39;/h5-14,20,25,34H,3-4,15-19,21H2,1-2H3,(H,33,37);1H. The Morgan fingerprint density at radius 1 is 1.05 bits per heavy atom. The summed E-state index contributed by atoms with van der Waals surface area (Å²) in [7, 11) is -3.33. The molecular weight excluding hydrogens is 602 g/mol. The number of likely N-dealkylation sites (tertiary alicyclic amines) is 1. The molecule has 12 heteroatoms. The van der Waals surface area contributed by atoms with Crippen LogP contribution >= 0.6 is 24.0 Å². The Labute approximate surface area is 258 Å². The molecule has 3 aromatic rings. The van der Waals surface area contributed by atoms with Crippen LogP contribution < -0.4 is 14.8 Å². The van der Waals surface area contributed by atoms with Gasteiger partial charge < -0.3 is 15.0 Å². The van der Waals surface area contributed by atoms with Gasteiger partial charge in [-0.05, 0) is 79.4 Å². The first-order chi connectivity index (χ1) is 19.6. The number of hydrogen-bond acceptors (Lipinski definition) is 5. The fourth-order valence-corrected chi connectivity index (χ4v) is 5.53. The Morgan fingerprint density at radius 2 is 1.67 bits per heavy atom. The van der Waals surface area contributed by atoms with E-state index in [1.54, 1.807) is 30.3 Å². The van der Waals surface area contributed by atoms with Gasteiger partial charge in [0.05, 0.1) is 11.9 Å². The van der Waals surface area contributed by atoms with Gasteiger partial charge in [-0.3, -0.25) is 9.62 Å². The molecule has 1 fully saturated rings. The first kappa shape index (κ1) is 33.5. The number of sulfonamides is 1. The average Bonchev–Trinajstić information content (AvgIpc) is 2.93. The van der Waals surface area contributed by atoms with Crippen molar-refractivity contribution in [2.45, 2.75) is 45.2 Å². The highest BCUT2D eigenvalue weighted by Gasteiger charge is 2.28. The highest BCUT2D eigenvalue weighted by molar-refractivity contribution is 7.92. The number of hydrogen-bond donors (Lipinski definition) is 2. The molecule has 0 atom stereocenters. The van der Waals surface area contributed by atoms with Crippen LogP contribution in [0.25, 0.3) is 0 Å². The van der Waals surface area contributed by atoms with E-state index in [0.717, 1.165) is 57.1 Å². The van der Waals surface area contributed by atoms with Crippen LogP contribution in [0.15, 0.2) is 66.7 Å². The highest BCUT2D eigenvalue weighted by Crippen LogP contribution is 2.26. The monoisotopic (exact) mass is 638 g/mol. The van der Waals surface area contributed by atoms with E-state index in [1.165, 1.54) is 12.1 Å². The number of piperidine rings is 1. The van der Waals surface area contributed by atoms with Crippen LogP contribution in [0.3, 0.4) is 0 Å². The zero-order valence-electron chi connectivity index (χ0n) is 23.7. The van der Waals surface area contributed by atoms with Crippen LogP contribution in [-0.2, 0) is 16.6 Å². The van der Waals surface area contributed by atoms with Crippen LogP contribution in [0.5, 0.6) is 11.5 Å². The summed E-state index contributed by atoms with van der Waals surface area (Å²) in [4.78, 5) is 17.3. The third-order valence-electron chi connectivity index (χ3n) is 6.91. The zero-order chi connectivity index (χ0) is 29.4. The summed E-state index contributed by atoms with van der Waals surface area (Å²) < 4.78 is 45.3. The van der Waals surface area contributed by atoms with E-state index in [9.17, 15) is 17.6 Å². The van der Waals surface area contributed by atoms with Gasteiger partial charge in [0, 0.05) is 42.9 Å². The van der Waals surface area contributed by atoms with Gasteiger partial charge in [-0.15, -0.1) is 12.4 Å². The van der Waals surface area contributed by atoms with E-state index in [-0.39, 0.29) is 35.2 Å². The number of urea groups is 1. The Bertz CT molecular complexity index is 1420. The second-order valence-corrected chi connectivity index (χ2v) is 12.4. The molecule has 1 heterocycles. The maximum absolute atomic E-state index is 14.3. The quantitative estimate of drug-likeness (QED) is 0.229. The van der Waals surface area contributed by atoms with Crippen molar-refractivity contribution in [1.82, 2.24) is 9.80 Å². The fourth-order valence-electron chi connectivity index (χ4n) is 4.81. The van der Waals surface area contributed by atoms with E-state index < -0.39 is 15.8 Å². The summed E-state index contributed by atoms with van der Waals surface area (Å²) in [6, 6.07) is 18.7. The molecule has 1 aliphatic heterocycles. The van der Waals surface area contributed by atoms with E-state index in [4.69, 9.17) is 16.3 Å². The molecule has 42 heavy (non-hydrogen) atoms. The second-order valence-electron chi connectivity index (χ2n) is 10.3. The molecule has 1 saturated heterocycles. The number of anilines is 2. The average molecular weight is 640 g/mol. The first-order valence-electron chi connectivity index (χ1n) is 13.7. The lowest BCUT2D eigenvalue weighted by Gasteiger charge is -2.38. The van der Waals surface area contributed by atoms with Gasteiger partial charge in [0.2, 0.25) is 10.0 Å². The third kappa shape index (κ3) is 10.0. The molecule has 2 N–H and O–H groups in total. The lowest BCUT2D eigenvalue weighted by Crippen LogP contribution is -2.49. The minimum atomic E-state index is -3.33. The Balaban J connectivity index is 0.00000484. The van der Waals surface area contributed by atoms with E-state index in [2.05, 4.69) is 21.9 Å². The molecule has 3 aromatic carbocycles. The predicted molar refractivity (Wildman–Crippen MR) is 169 cm³/mol. The smallest absolute Gasteiger partial charge is 0.322 e. The number of nitrogens with one attached hydrogen (secondary N) is 2. The van der Waals surface area contributed by atoms with Crippen molar-refractivity contribution in [2.75, 3.05) is 35.9 Å². The van der Waals surface area contributed by atoms with Gasteiger partial charge in [-0.25, -0.2) is 17.6 Å². The third-order valence-corrected chi connectivity index (χ3v) is 7.75. The minimum absolute atomic E-state index is 0. The maximum atomic E-state index is 14.3. The summed E-state index contributed by atoms with van der Waals surface area (Å²) in [5.41, 5.74) is 1.76. The number of benzene rings is 3. The van der Waals surface area contributed by atoms with Crippen LogP contribution in [-0.4, -0.2) is 56.2 Å². The van der Waals surface area contributed by atoms with Gasteiger partial charge in [0.15, 0.2) is 0 Å². The summed E-state index contributed by atoms with van der Waals surface area (Å²) in [5.74, 6) is 0.743. The molecule has 1 aliphatic rings. The van der Waals surface area contributed by atoms with Crippen molar-refractivity contribution < 1.29 is 22.3 Å². The van der Waals surface area contributed by atoms with Crippen LogP contribution in [0.4, 0.5) is 20.6 Å². The van der Waals surface area contributed by atoms with Crippen molar-refractivity contribution >= 4 is 51.4 Å². The number of halogens is 3. The molecular formula is C30H37Cl2FN4O4S. The number of nitrogens with zero attached hydrogens (tertiary/aromatic N) is 2. The molecule has 8 nitrogen and oxygen atoms in total. The molecule has 0 radical (unpaired) electrons. The summed E-state index contributed by atoms with van der Waals surface area (Å²) in [5, 5.41) is 3.02. The molecule has 0 unspecified atom stereocenters. The summed E-state index contributed by atoms with van der Waals surface area (Å²) in [6.07, 6.45) is 4.63. The number of amides is 2. The maximum Gasteiger partial charge on any atom is 0.322 e. The molecule has 0 aromatic heterocycles. The molecule has 0 spiro atoms. The van der Waals surface area contributed by atoms with Crippen molar-refractivity contribution in [3.05, 3.63) is 83.1 Å². The molecule has 0 bridgehead atoms. The lowest BCUT2D eigenvalue weighted by molar-refractivity contribution is 0.122. The predicted octanol–water partition coefficient (Wildman–Crippen LogP) is 7.36. The number of ether oxygens (including phenoxy) is 1. The second kappa shape index (κ2) is 15.4. The largest absolute Gasteiger partial charge is 0.457 e. The Hall–Kier alpha value is -3.05. The number of rotatable bonds is 11. The van der Waals surface area contributed by atoms with Gasteiger partial charge in [-0.2, -0.15) is 0 Å². The van der Waals surface area contributed by atoms with Crippen LogP contribution in [0.1, 0.15) is 38.2 Å². The van der Waals surface area contributed by atoms with Gasteiger partial charge >= 0.3 is 6.03 Å². The minimum Gasteiger partial charge on any atom is -0.457 e. The van der Waals surface area contributed by atoms with E-state index in [0.29, 0.717) is 23.7 Å². The number of unbranched alkanes of at least 4 members (excludes halogenated alkanes) is 1. The SMILES string of the molecule is CCCCN(C(=O)Nc1ccc(Cl)cc1F)C1CCN(Cc2ccc(Oc3ccc(NS(C)(=O)=O)cc3)cc2)CC1.Cl.